The van der Waals surface area contributed by atoms with Crippen molar-refractivity contribution in [2.24, 2.45) is 5.92 Å². The fourth-order valence-corrected chi connectivity index (χ4v) is 10.9. The Kier molecular flexibility index (Phi) is 46.9. The number of carbonyl (C=O) groups is 6. The van der Waals surface area contributed by atoms with Gasteiger partial charge in [0.05, 0.1) is 204 Å². The zero-order valence-corrected chi connectivity index (χ0v) is 61.3. The van der Waals surface area contributed by atoms with Crippen LogP contribution < -0.4 is 10.6 Å². The van der Waals surface area contributed by atoms with Crippen LogP contribution in [0.5, 0.6) is 0 Å². The van der Waals surface area contributed by atoms with Crippen LogP contribution in [0.1, 0.15) is 81.2 Å². The number of hydrogen-bond acceptors (Lipinski definition) is 27. The number of hydrogen-bond donors (Lipinski definition) is 2. The lowest BCUT2D eigenvalue weighted by atomic mass is 9.91. The molecule has 1 saturated heterocycles. The molecule has 2 heterocycles. The minimum atomic E-state index is -0.966. The smallest absolute Gasteiger partial charge is 0.306 e. The summed E-state index contributed by atoms with van der Waals surface area (Å²) in [4.78, 5) is 91.5. The number of methoxy groups -OCH3 is 2. The second-order valence-electron chi connectivity index (χ2n) is 25.3. The predicted molar refractivity (Wildman–Crippen MR) is 376 cm³/mol. The van der Waals surface area contributed by atoms with Gasteiger partial charge in [0.2, 0.25) is 11.8 Å². The van der Waals surface area contributed by atoms with E-state index in [1.54, 1.807) is 26.6 Å². The number of piperazine rings is 1. The number of aromatic nitrogens is 1. The summed E-state index contributed by atoms with van der Waals surface area (Å²) in [6, 6.07) is 19.3. The van der Waals surface area contributed by atoms with E-state index >= 15 is 4.79 Å². The number of esters is 4. The molecule has 0 spiro atoms. The molecule has 29 heteroatoms. The fraction of sp³-hybridized carbons (Fsp3) is 0.689. The first-order valence-corrected chi connectivity index (χ1v) is 35.9. The largest absolute Gasteiger partial charge is 0.463 e. The molecule has 0 bridgehead atoms. The van der Waals surface area contributed by atoms with E-state index in [2.05, 4.69) is 20.5 Å². The number of fused-ring (bicyclic) bond motifs is 1. The quantitative estimate of drug-likeness (QED) is 0.0456. The minimum Gasteiger partial charge on any atom is -0.463 e. The van der Waals surface area contributed by atoms with Crippen LogP contribution in [0, 0.1) is 5.92 Å². The Morgan fingerprint density at radius 3 is 1.41 bits per heavy atom. The van der Waals surface area contributed by atoms with Crippen molar-refractivity contribution in [1.29, 1.82) is 0 Å². The van der Waals surface area contributed by atoms with Crippen molar-refractivity contribution in [3.05, 3.63) is 101 Å². The van der Waals surface area contributed by atoms with E-state index in [9.17, 15) is 24.0 Å². The zero-order chi connectivity index (χ0) is 73.6. The van der Waals surface area contributed by atoms with E-state index in [4.69, 9.17) is 85.3 Å². The number of rotatable bonds is 61. The molecule has 5 atom stereocenters. The van der Waals surface area contributed by atoms with Crippen molar-refractivity contribution >= 4 is 35.7 Å². The van der Waals surface area contributed by atoms with Crippen LogP contribution in [0.2, 0.25) is 0 Å². The van der Waals surface area contributed by atoms with Crippen molar-refractivity contribution in [3.63, 3.8) is 0 Å². The second kappa shape index (κ2) is 55.3. The molecule has 580 valence electrons. The Balaban J connectivity index is 1.11. The van der Waals surface area contributed by atoms with Gasteiger partial charge in [-0.25, -0.2) is 0 Å². The highest BCUT2D eigenvalue weighted by Crippen LogP contribution is 2.35. The summed E-state index contributed by atoms with van der Waals surface area (Å²) in [6.45, 7) is 18.2. The maximum absolute atomic E-state index is 15.2. The average Bonchev–Trinajstić information content (AvgIpc) is 1.69. The van der Waals surface area contributed by atoms with Crippen LogP contribution in [0.15, 0.2) is 79.1 Å². The molecular weight excluding hydrogens is 1340 g/mol. The van der Waals surface area contributed by atoms with Gasteiger partial charge in [0.1, 0.15) is 31.5 Å². The maximum atomic E-state index is 15.2. The molecule has 1 aliphatic heterocycles. The summed E-state index contributed by atoms with van der Waals surface area (Å²) in [5, 5.41) is 6.38. The highest BCUT2D eigenvalue weighted by Gasteiger charge is 2.40. The third-order valence-corrected chi connectivity index (χ3v) is 15.9. The minimum absolute atomic E-state index is 0.00605. The van der Waals surface area contributed by atoms with Gasteiger partial charge in [0, 0.05) is 77.2 Å². The third kappa shape index (κ3) is 41.3. The molecule has 2 aliphatic rings. The Bertz CT molecular complexity index is 2740. The van der Waals surface area contributed by atoms with Gasteiger partial charge in [0.25, 0.3) is 0 Å². The molecule has 5 rings (SSSR count). The van der Waals surface area contributed by atoms with Gasteiger partial charge in [-0.15, -0.1) is 0 Å². The number of carbonyl (C=O) groups excluding carboxylic acids is 6. The van der Waals surface area contributed by atoms with E-state index in [-0.39, 0.29) is 90.6 Å². The van der Waals surface area contributed by atoms with Crippen LogP contribution in [0.3, 0.4) is 0 Å². The van der Waals surface area contributed by atoms with Gasteiger partial charge in [-0.05, 0) is 61.9 Å². The molecule has 29 nitrogen and oxygen atoms in total. The number of benzene rings is 2. The first-order valence-electron chi connectivity index (χ1n) is 35.9. The maximum Gasteiger partial charge on any atom is 0.306 e. The zero-order valence-electron chi connectivity index (χ0n) is 61.3. The molecule has 0 saturated carbocycles. The molecule has 0 radical (unpaired) electrons. The van der Waals surface area contributed by atoms with Crippen molar-refractivity contribution in [1.82, 2.24) is 25.4 Å². The molecule has 2 N–H and O–H groups in total. The van der Waals surface area contributed by atoms with Crippen LogP contribution in [-0.4, -0.2) is 300 Å². The molecule has 0 unspecified atom stereocenters. The molecule has 2 amide bonds. The average molecular weight is 1460 g/mol. The first kappa shape index (κ1) is 87.4. The van der Waals surface area contributed by atoms with Gasteiger partial charge in [-0.2, -0.15) is 0 Å². The normalized spacial score (nSPS) is 16.0. The van der Waals surface area contributed by atoms with Gasteiger partial charge in [-0.3, -0.25) is 43.6 Å². The summed E-state index contributed by atoms with van der Waals surface area (Å²) in [5.74, 6) is -4.02. The summed E-state index contributed by atoms with van der Waals surface area (Å²) in [7, 11) is 3.25. The lowest BCUT2D eigenvalue weighted by Crippen LogP contribution is -2.62. The lowest BCUT2D eigenvalue weighted by Gasteiger charge is -2.42. The number of nitrogens with one attached hydrogen (secondary N) is 2. The van der Waals surface area contributed by atoms with Crippen LogP contribution in [0.4, 0.5) is 0 Å². The molecule has 1 fully saturated rings. The SMILES string of the molecule is COCCOCCOCCOCCOCCOCCOCCOC(=O)CCC(=O)O[C@@H](C[C@H](Cc1ccccc1)C(=O)N[C@H]1c2ccccc2C[C@H]1OC(=O)CCC(=O)OCCOCCOCCOCCOCCOCCOCCOC)CN1CCN(Cc2cccnc2)C[C@H]1C(=O)NC(C)(C)C. The third-order valence-electron chi connectivity index (χ3n) is 15.9. The number of nitrogens with zero attached hydrogens (tertiary/aromatic N) is 3. The summed E-state index contributed by atoms with van der Waals surface area (Å²) in [5.41, 5.74) is 2.89. The van der Waals surface area contributed by atoms with Crippen molar-refractivity contribution in [2.45, 2.75) is 102 Å². The summed E-state index contributed by atoms with van der Waals surface area (Å²) >= 11 is 0. The van der Waals surface area contributed by atoms with E-state index in [0.29, 0.717) is 178 Å². The second-order valence-corrected chi connectivity index (χ2v) is 25.3. The molecule has 2 aromatic carbocycles. The van der Waals surface area contributed by atoms with Gasteiger partial charge in [-0.1, -0.05) is 60.7 Å². The van der Waals surface area contributed by atoms with Crippen molar-refractivity contribution in [3.8, 4) is 0 Å². The highest BCUT2D eigenvalue weighted by molar-refractivity contribution is 5.83. The lowest BCUT2D eigenvalue weighted by molar-refractivity contribution is -0.157. The monoisotopic (exact) mass is 1460 g/mol. The fourth-order valence-electron chi connectivity index (χ4n) is 10.9. The van der Waals surface area contributed by atoms with Crippen LogP contribution >= 0.6 is 0 Å². The Labute approximate surface area is 607 Å². The summed E-state index contributed by atoms with van der Waals surface area (Å²) in [6.07, 6.45) is 1.13. The van der Waals surface area contributed by atoms with E-state index in [0.717, 1.165) is 22.3 Å². The Morgan fingerprint density at radius 1 is 0.505 bits per heavy atom. The summed E-state index contributed by atoms with van der Waals surface area (Å²) < 4.78 is 98.9. The van der Waals surface area contributed by atoms with E-state index < -0.39 is 65.5 Å². The molecule has 1 aliphatic carbocycles. The number of pyridine rings is 1. The van der Waals surface area contributed by atoms with Crippen molar-refractivity contribution in [2.75, 3.05) is 225 Å². The van der Waals surface area contributed by atoms with E-state index in [1.165, 1.54) is 0 Å². The van der Waals surface area contributed by atoms with Crippen molar-refractivity contribution < 1.29 is 114 Å². The molecule has 1 aromatic heterocycles. The van der Waals surface area contributed by atoms with Gasteiger partial charge in [0.15, 0.2) is 0 Å². The molecular formula is C74H115N5O24. The van der Waals surface area contributed by atoms with Gasteiger partial charge < -0.3 is 95.9 Å². The highest BCUT2D eigenvalue weighted by atomic mass is 16.6. The van der Waals surface area contributed by atoms with Crippen LogP contribution in [0.25, 0.3) is 0 Å². The standard InChI is InChI=1S/C74H115N5O24/c1-74(2,3)77-73(85)65-58-78(56-60-14-11-21-75-55-60)22-23-79(65)57-63(102-69(82)19-17-67(80)100-50-48-98-46-44-96-42-40-94-38-36-92-34-32-90-30-28-88-26-24-86-4)53-62(52-59-12-7-6-8-13-59)72(84)76-71-64-16-10-9-15-61(64)54-66(71)103-70(83)20-18-68(81)101-51-49-99-47-45-97-43-41-95-39-37-93-35-33-91-31-29-89-27-25-87-5/h6-16,21,55,62-63,65-66,71H,17-20,22-54,56-58H2,1-5H3,(H,76,84)(H,77,85)/t62-,63-,65-,66+,71-/m0/s1. The predicted octanol–water partition coefficient (Wildman–Crippen LogP) is 4.11. The van der Waals surface area contributed by atoms with Crippen LogP contribution in [-0.2, 0) is 133 Å². The first-order chi connectivity index (χ1) is 50.2. The topological polar surface area (TPSA) is 312 Å². The van der Waals surface area contributed by atoms with Gasteiger partial charge >= 0.3 is 23.9 Å². The Morgan fingerprint density at radius 2 is 0.942 bits per heavy atom. The molecule has 3 aromatic rings. The number of amides is 2. The molecule has 103 heavy (non-hydrogen) atoms. The Hall–Kier alpha value is -6.23. The number of ether oxygens (including phenoxy) is 18. The van der Waals surface area contributed by atoms with E-state index in [1.807, 2.05) is 92.4 Å².